The number of amides is 1. The minimum absolute atomic E-state index is 0.0127. The molecule has 92 valence electrons. The quantitative estimate of drug-likeness (QED) is 0.715. The lowest BCUT2D eigenvalue weighted by Gasteiger charge is -2.24. The summed E-state index contributed by atoms with van der Waals surface area (Å²) in [5.74, 6) is 0.646. The minimum Gasteiger partial charge on any atom is -0.480 e. The van der Waals surface area contributed by atoms with Gasteiger partial charge < -0.3 is 15.3 Å². The summed E-state index contributed by atoms with van der Waals surface area (Å²) < 4.78 is 0. The van der Waals surface area contributed by atoms with Crippen LogP contribution in [0.1, 0.15) is 12.8 Å². The molecule has 1 unspecified atom stereocenters. The molecule has 0 saturated carbocycles. The van der Waals surface area contributed by atoms with E-state index in [1.54, 1.807) is 25.9 Å². The third-order valence-corrected chi connectivity index (χ3v) is 3.92. The van der Waals surface area contributed by atoms with Gasteiger partial charge in [-0.05, 0) is 12.2 Å². The number of nitrogens with one attached hydrogen (secondary N) is 1. The standard InChI is InChI=1S/C10H18N2O3S/c1-12(2)8(13)3-5-11-10(9(14)15)4-6-16-7-10/h11H,3-7H2,1-2H3,(H,14,15). The first-order chi connectivity index (χ1) is 7.48. The summed E-state index contributed by atoms with van der Waals surface area (Å²) in [6, 6.07) is 0. The first-order valence-corrected chi connectivity index (χ1v) is 6.40. The molecule has 1 heterocycles. The summed E-state index contributed by atoms with van der Waals surface area (Å²) in [5, 5.41) is 12.2. The number of carbonyl (C=O) groups is 2. The minimum atomic E-state index is -0.822. The zero-order valence-electron chi connectivity index (χ0n) is 9.65. The fourth-order valence-corrected chi connectivity index (χ4v) is 2.94. The monoisotopic (exact) mass is 246 g/mol. The van der Waals surface area contributed by atoms with E-state index in [4.69, 9.17) is 5.11 Å². The largest absolute Gasteiger partial charge is 0.480 e. The van der Waals surface area contributed by atoms with Crippen LogP contribution in [0, 0.1) is 0 Å². The summed E-state index contributed by atoms with van der Waals surface area (Å²) >= 11 is 1.64. The second-order valence-electron chi connectivity index (χ2n) is 4.15. The van der Waals surface area contributed by atoms with Gasteiger partial charge in [-0.25, -0.2) is 0 Å². The van der Waals surface area contributed by atoms with Crippen LogP contribution in [0.3, 0.4) is 0 Å². The molecule has 0 aromatic rings. The van der Waals surface area contributed by atoms with Crippen molar-refractivity contribution in [2.45, 2.75) is 18.4 Å². The van der Waals surface area contributed by atoms with Gasteiger partial charge in [0.25, 0.3) is 0 Å². The molecule has 1 aliphatic rings. The molecular weight excluding hydrogens is 228 g/mol. The van der Waals surface area contributed by atoms with Crippen molar-refractivity contribution in [1.82, 2.24) is 10.2 Å². The average Bonchev–Trinajstić information content (AvgIpc) is 2.67. The topological polar surface area (TPSA) is 69.6 Å². The third kappa shape index (κ3) is 3.12. The Labute approximate surface area is 99.6 Å². The molecule has 0 aliphatic carbocycles. The van der Waals surface area contributed by atoms with E-state index >= 15 is 0 Å². The van der Waals surface area contributed by atoms with Gasteiger partial charge in [-0.3, -0.25) is 9.59 Å². The normalized spacial score (nSPS) is 24.4. The van der Waals surface area contributed by atoms with Crippen molar-refractivity contribution in [1.29, 1.82) is 0 Å². The number of rotatable bonds is 5. The smallest absolute Gasteiger partial charge is 0.324 e. The molecular formula is C10H18N2O3S. The Morgan fingerprint density at radius 1 is 1.50 bits per heavy atom. The Morgan fingerprint density at radius 3 is 2.62 bits per heavy atom. The highest BCUT2D eigenvalue weighted by Gasteiger charge is 2.41. The number of carboxylic acid groups (broad SMARTS) is 1. The Morgan fingerprint density at radius 2 is 2.19 bits per heavy atom. The first kappa shape index (κ1) is 13.3. The highest BCUT2D eigenvalue weighted by atomic mass is 32.2. The number of carbonyl (C=O) groups excluding carboxylic acids is 1. The summed E-state index contributed by atoms with van der Waals surface area (Å²) in [6.45, 7) is 0.421. The van der Waals surface area contributed by atoms with Crippen molar-refractivity contribution in [2.24, 2.45) is 0 Å². The highest BCUT2D eigenvalue weighted by molar-refractivity contribution is 7.99. The third-order valence-electron chi connectivity index (χ3n) is 2.73. The summed E-state index contributed by atoms with van der Waals surface area (Å²) in [6.07, 6.45) is 0.968. The molecule has 2 N–H and O–H groups in total. The molecule has 1 saturated heterocycles. The van der Waals surface area contributed by atoms with Gasteiger partial charge in [-0.2, -0.15) is 11.8 Å². The lowest BCUT2D eigenvalue weighted by atomic mass is 9.99. The number of hydrogen-bond acceptors (Lipinski definition) is 4. The average molecular weight is 246 g/mol. The van der Waals surface area contributed by atoms with Crippen molar-refractivity contribution < 1.29 is 14.7 Å². The Bertz CT molecular complexity index is 275. The van der Waals surface area contributed by atoms with Gasteiger partial charge in [-0.15, -0.1) is 0 Å². The Balaban J connectivity index is 2.40. The maximum Gasteiger partial charge on any atom is 0.324 e. The van der Waals surface area contributed by atoms with Gasteiger partial charge in [0.1, 0.15) is 5.54 Å². The molecule has 5 nitrogen and oxygen atoms in total. The molecule has 1 aliphatic heterocycles. The zero-order valence-corrected chi connectivity index (χ0v) is 10.5. The van der Waals surface area contributed by atoms with E-state index in [9.17, 15) is 9.59 Å². The maximum atomic E-state index is 11.3. The molecule has 0 aromatic carbocycles. The number of aliphatic carboxylic acids is 1. The molecule has 1 atom stereocenters. The molecule has 0 spiro atoms. The van der Waals surface area contributed by atoms with Crippen LogP contribution in [0.15, 0.2) is 0 Å². The molecule has 0 bridgehead atoms. The van der Waals surface area contributed by atoms with E-state index in [1.165, 1.54) is 4.90 Å². The van der Waals surface area contributed by atoms with Crippen LogP contribution in [0.5, 0.6) is 0 Å². The van der Waals surface area contributed by atoms with E-state index in [-0.39, 0.29) is 5.91 Å². The van der Waals surface area contributed by atoms with E-state index < -0.39 is 11.5 Å². The molecule has 1 rings (SSSR count). The molecule has 0 aromatic heterocycles. The Hall–Kier alpha value is -0.750. The van der Waals surface area contributed by atoms with Gasteiger partial charge in [0.05, 0.1) is 0 Å². The molecule has 0 radical (unpaired) electrons. The SMILES string of the molecule is CN(C)C(=O)CCNC1(C(=O)O)CCSC1. The van der Waals surface area contributed by atoms with Crippen molar-refractivity contribution in [2.75, 3.05) is 32.1 Å². The number of nitrogens with zero attached hydrogens (tertiary/aromatic N) is 1. The predicted octanol–water partition coefficient (Wildman–Crippen LogP) is 0.0146. The molecule has 1 fully saturated rings. The van der Waals surface area contributed by atoms with Crippen LogP contribution in [0.4, 0.5) is 0 Å². The van der Waals surface area contributed by atoms with Crippen LogP contribution in [0.25, 0.3) is 0 Å². The van der Waals surface area contributed by atoms with Crippen LogP contribution in [0.2, 0.25) is 0 Å². The van der Waals surface area contributed by atoms with Crippen molar-refractivity contribution in [3.05, 3.63) is 0 Å². The number of thioether (sulfide) groups is 1. The Kier molecular flexibility index (Phi) is 4.61. The van der Waals surface area contributed by atoms with Gasteiger partial charge in [0.2, 0.25) is 5.91 Å². The van der Waals surface area contributed by atoms with Crippen molar-refractivity contribution in [3.8, 4) is 0 Å². The van der Waals surface area contributed by atoms with Crippen LogP contribution in [-0.4, -0.2) is 59.6 Å². The lowest BCUT2D eigenvalue weighted by Crippen LogP contribution is -2.53. The van der Waals surface area contributed by atoms with Gasteiger partial charge in [-0.1, -0.05) is 0 Å². The van der Waals surface area contributed by atoms with Crippen LogP contribution >= 0.6 is 11.8 Å². The molecule has 16 heavy (non-hydrogen) atoms. The van der Waals surface area contributed by atoms with E-state index in [0.29, 0.717) is 25.1 Å². The van der Waals surface area contributed by atoms with Gasteiger partial charge in [0.15, 0.2) is 0 Å². The van der Waals surface area contributed by atoms with Crippen molar-refractivity contribution in [3.63, 3.8) is 0 Å². The lowest BCUT2D eigenvalue weighted by molar-refractivity contribution is -0.144. The first-order valence-electron chi connectivity index (χ1n) is 5.24. The fourth-order valence-electron chi connectivity index (χ4n) is 1.58. The predicted molar refractivity (Wildman–Crippen MR) is 63.6 cm³/mol. The van der Waals surface area contributed by atoms with E-state index in [2.05, 4.69) is 5.32 Å². The number of hydrogen-bond donors (Lipinski definition) is 2. The molecule has 6 heteroatoms. The van der Waals surface area contributed by atoms with Crippen molar-refractivity contribution >= 4 is 23.6 Å². The van der Waals surface area contributed by atoms with E-state index in [1.807, 2.05) is 0 Å². The second kappa shape index (κ2) is 5.54. The maximum absolute atomic E-state index is 11.3. The highest BCUT2D eigenvalue weighted by Crippen LogP contribution is 2.28. The summed E-state index contributed by atoms with van der Waals surface area (Å²) in [7, 11) is 3.39. The summed E-state index contributed by atoms with van der Waals surface area (Å²) in [5.41, 5.74) is -0.822. The second-order valence-corrected chi connectivity index (χ2v) is 5.26. The van der Waals surface area contributed by atoms with Crippen LogP contribution < -0.4 is 5.32 Å². The molecule has 1 amide bonds. The van der Waals surface area contributed by atoms with Gasteiger partial charge in [0, 0.05) is 32.8 Å². The fraction of sp³-hybridized carbons (Fsp3) is 0.800. The van der Waals surface area contributed by atoms with Gasteiger partial charge >= 0.3 is 5.97 Å². The van der Waals surface area contributed by atoms with Crippen LogP contribution in [-0.2, 0) is 9.59 Å². The summed E-state index contributed by atoms with van der Waals surface area (Å²) in [4.78, 5) is 24.0. The van der Waals surface area contributed by atoms with E-state index in [0.717, 1.165) is 5.75 Å². The zero-order chi connectivity index (χ0) is 12.2. The number of carboxylic acids is 1.